The average molecular weight is 262 g/mol. The Bertz CT molecular complexity index is 429. The van der Waals surface area contributed by atoms with Crippen LogP contribution >= 0.6 is 0 Å². The van der Waals surface area contributed by atoms with Crippen LogP contribution in [0.3, 0.4) is 0 Å². The Labute approximate surface area is 114 Å². The zero-order valence-corrected chi connectivity index (χ0v) is 11.4. The summed E-state index contributed by atoms with van der Waals surface area (Å²) in [4.78, 5) is 18.6. The van der Waals surface area contributed by atoms with Gasteiger partial charge in [-0.05, 0) is 31.4 Å². The quantitative estimate of drug-likeness (QED) is 0.848. The predicted molar refractivity (Wildman–Crippen MR) is 77.2 cm³/mol. The first-order valence-corrected chi connectivity index (χ1v) is 6.98. The van der Waals surface area contributed by atoms with Crippen molar-refractivity contribution >= 4 is 17.4 Å². The average Bonchev–Trinajstić information content (AvgIpc) is 2.93. The first kappa shape index (κ1) is 13.8. The molecule has 5 nitrogen and oxygen atoms in total. The van der Waals surface area contributed by atoms with Crippen molar-refractivity contribution in [1.82, 2.24) is 4.98 Å². The Kier molecular flexibility index (Phi) is 4.74. The molecule has 1 atom stereocenters. The summed E-state index contributed by atoms with van der Waals surface area (Å²) in [5.41, 5.74) is 6.60. The van der Waals surface area contributed by atoms with E-state index in [-0.39, 0.29) is 5.91 Å². The van der Waals surface area contributed by atoms with Crippen LogP contribution in [0.5, 0.6) is 0 Å². The maximum atomic E-state index is 12.0. The van der Waals surface area contributed by atoms with Gasteiger partial charge in [-0.2, -0.15) is 0 Å². The monoisotopic (exact) mass is 262 g/mol. The van der Waals surface area contributed by atoms with Gasteiger partial charge < -0.3 is 16.0 Å². The third-order valence-corrected chi connectivity index (χ3v) is 3.39. The van der Waals surface area contributed by atoms with Crippen molar-refractivity contribution in [3.8, 4) is 0 Å². The molecule has 0 aromatic carbocycles. The molecule has 0 saturated carbocycles. The summed E-state index contributed by atoms with van der Waals surface area (Å²) in [5.74, 6) is 0.729. The molecule has 1 aliphatic heterocycles. The lowest BCUT2D eigenvalue weighted by atomic mass is 10.1. The Balaban J connectivity index is 2.09. The first-order chi connectivity index (χ1) is 9.22. The number of aromatic nitrogens is 1. The van der Waals surface area contributed by atoms with E-state index in [2.05, 4.69) is 15.2 Å². The van der Waals surface area contributed by atoms with Gasteiger partial charge in [0, 0.05) is 19.3 Å². The number of carbonyl (C=O) groups is 1. The van der Waals surface area contributed by atoms with Gasteiger partial charge in [0.05, 0.1) is 11.7 Å². The van der Waals surface area contributed by atoms with Gasteiger partial charge in [0.2, 0.25) is 5.91 Å². The highest BCUT2D eigenvalue weighted by Crippen LogP contribution is 2.26. The number of nitrogens with one attached hydrogen (secondary N) is 1. The van der Waals surface area contributed by atoms with Crippen LogP contribution in [0.2, 0.25) is 0 Å². The minimum atomic E-state index is -0.448. The van der Waals surface area contributed by atoms with Crippen molar-refractivity contribution in [2.24, 2.45) is 5.73 Å². The molecule has 3 N–H and O–H groups in total. The number of amides is 1. The summed E-state index contributed by atoms with van der Waals surface area (Å²) in [7, 11) is 0. The molecule has 1 aromatic heterocycles. The smallest absolute Gasteiger partial charge is 0.241 e. The number of carbonyl (C=O) groups excluding carboxylic acids is 1. The van der Waals surface area contributed by atoms with E-state index in [4.69, 9.17) is 5.73 Å². The van der Waals surface area contributed by atoms with Crippen molar-refractivity contribution in [3.63, 3.8) is 0 Å². The molecule has 2 heterocycles. The van der Waals surface area contributed by atoms with Gasteiger partial charge in [-0.3, -0.25) is 4.79 Å². The highest BCUT2D eigenvalue weighted by molar-refractivity contribution is 5.97. The Morgan fingerprint density at radius 2 is 2.26 bits per heavy atom. The second-order valence-corrected chi connectivity index (χ2v) is 4.95. The molecule has 0 unspecified atom stereocenters. The molecule has 5 heteroatoms. The molecule has 104 valence electrons. The fourth-order valence-corrected chi connectivity index (χ4v) is 2.34. The van der Waals surface area contributed by atoms with E-state index in [1.54, 1.807) is 6.20 Å². The minimum Gasteiger partial charge on any atom is -0.355 e. The van der Waals surface area contributed by atoms with Crippen LogP contribution in [0.15, 0.2) is 18.3 Å². The van der Waals surface area contributed by atoms with Crippen LogP contribution in [0.4, 0.5) is 11.5 Å². The summed E-state index contributed by atoms with van der Waals surface area (Å²) >= 11 is 0. The minimum absolute atomic E-state index is 0.129. The molecule has 1 fully saturated rings. The lowest BCUT2D eigenvalue weighted by Gasteiger charge is -2.20. The normalized spacial score (nSPS) is 16.4. The standard InChI is InChI=1S/C14H22N4O/c1-2-6-11(15)14(19)17-12-7-5-8-16-13(12)18-9-3-4-10-18/h5,7-8,11H,2-4,6,9-10,15H2,1H3,(H,17,19)/t11-/m1/s1. The number of anilines is 2. The van der Waals surface area contributed by atoms with E-state index >= 15 is 0 Å². The lowest BCUT2D eigenvalue weighted by molar-refractivity contribution is -0.117. The molecule has 1 amide bonds. The van der Waals surface area contributed by atoms with Gasteiger partial charge in [-0.15, -0.1) is 0 Å². The summed E-state index contributed by atoms with van der Waals surface area (Å²) in [6, 6.07) is 3.27. The molecular weight excluding hydrogens is 240 g/mol. The molecule has 0 spiro atoms. The van der Waals surface area contributed by atoms with E-state index in [9.17, 15) is 4.79 Å². The zero-order valence-electron chi connectivity index (χ0n) is 11.4. The number of pyridine rings is 1. The predicted octanol–water partition coefficient (Wildman–Crippen LogP) is 1.75. The Hall–Kier alpha value is -1.62. The maximum Gasteiger partial charge on any atom is 0.241 e. The van der Waals surface area contributed by atoms with Crippen molar-refractivity contribution < 1.29 is 4.79 Å². The summed E-state index contributed by atoms with van der Waals surface area (Å²) in [6.45, 7) is 4.02. The van der Waals surface area contributed by atoms with Gasteiger partial charge in [-0.25, -0.2) is 4.98 Å². The van der Waals surface area contributed by atoms with Gasteiger partial charge in [0.15, 0.2) is 5.82 Å². The van der Waals surface area contributed by atoms with E-state index < -0.39 is 6.04 Å². The Morgan fingerprint density at radius 3 is 2.95 bits per heavy atom. The van der Waals surface area contributed by atoms with Gasteiger partial charge in [0.25, 0.3) is 0 Å². The molecule has 0 aliphatic carbocycles. The molecule has 1 aliphatic rings. The van der Waals surface area contributed by atoms with Crippen LogP contribution < -0.4 is 16.0 Å². The van der Waals surface area contributed by atoms with Gasteiger partial charge >= 0.3 is 0 Å². The largest absolute Gasteiger partial charge is 0.355 e. The van der Waals surface area contributed by atoms with Crippen LogP contribution in [-0.4, -0.2) is 30.0 Å². The summed E-state index contributed by atoms with van der Waals surface area (Å²) in [5, 5.41) is 2.90. The second kappa shape index (κ2) is 6.52. The van der Waals surface area contributed by atoms with Crippen molar-refractivity contribution in [3.05, 3.63) is 18.3 Å². The van der Waals surface area contributed by atoms with E-state index in [0.717, 1.165) is 31.0 Å². The molecule has 1 aromatic rings. The van der Waals surface area contributed by atoms with E-state index in [0.29, 0.717) is 6.42 Å². The fourth-order valence-electron chi connectivity index (χ4n) is 2.34. The summed E-state index contributed by atoms with van der Waals surface area (Å²) in [6.07, 6.45) is 5.72. The number of rotatable bonds is 5. The number of nitrogens with zero attached hydrogens (tertiary/aromatic N) is 2. The topological polar surface area (TPSA) is 71.2 Å². The van der Waals surface area contributed by atoms with Crippen LogP contribution in [0.1, 0.15) is 32.6 Å². The van der Waals surface area contributed by atoms with Crippen LogP contribution in [-0.2, 0) is 4.79 Å². The van der Waals surface area contributed by atoms with E-state index in [1.165, 1.54) is 12.8 Å². The highest BCUT2D eigenvalue weighted by atomic mass is 16.2. The van der Waals surface area contributed by atoms with Gasteiger partial charge in [-0.1, -0.05) is 13.3 Å². The molecular formula is C14H22N4O. The molecule has 0 bridgehead atoms. The van der Waals surface area contributed by atoms with Crippen molar-refractivity contribution in [1.29, 1.82) is 0 Å². The van der Waals surface area contributed by atoms with Crippen molar-refractivity contribution in [2.45, 2.75) is 38.6 Å². The zero-order chi connectivity index (χ0) is 13.7. The maximum absolute atomic E-state index is 12.0. The molecule has 1 saturated heterocycles. The summed E-state index contributed by atoms with van der Waals surface area (Å²) < 4.78 is 0. The Morgan fingerprint density at radius 1 is 1.53 bits per heavy atom. The molecule has 2 rings (SSSR count). The number of hydrogen-bond acceptors (Lipinski definition) is 4. The number of nitrogens with two attached hydrogens (primary N) is 1. The fraction of sp³-hybridized carbons (Fsp3) is 0.571. The molecule has 19 heavy (non-hydrogen) atoms. The second-order valence-electron chi connectivity index (χ2n) is 4.95. The lowest BCUT2D eigenvalue weighted by Crippen LogP contribution is -2.36. The van der Waals surface area contributed by atoms with Gasteiger partial charge in [0.1, 0.15) is 0 Å². The first-order valence-electron chi connectivity index (χ1n) is 6.98. The van der Waals surface area contributed by atoms with Crippen LogP contribution in [0, 0.1) is 0 Å². The van der Waals surface area contributed by atoms with E-state index in [1.807, 2.05) is 19.1 Å². The third kappa shape index (κ3) is 3.44. The number of hydrogen-bond donors (Lipinski definition) is 2. The van der Waals surface area contributed by atoms with Crippen molar-refractivity contribution in [2.75, 3.05) is 23.3 Å². The highest BCUT2D eigenvalue weighted by Gasteiger charge is 2.19. The molecule has 0 radical (unpaired) electrons. The third-order valence-electron chi connectivity index (χ3n) is 3.39. The van der Waals surface area contributed by atoms with Crippen LogP contribution in [0.25, 0.3) is 0 Å². The SMILES string of the molecule is CCC[C@@H](N)C(=O)Nc1cccnc1N1CCCC1.